The van der Waals surface area contributed by atoms with Gasteiger partial charge in [-0.15, -0.1) is 0 Å². The predicted octanol–water partition coefficient (Wildman–Crippen LogP) is 3.75. The van der Waals surface area contributed by atoms with Gasteiger partial charge in [0.15, 0.2) is 0 Å². The summed E-state index contributed by atoms with van der Waals surface area (Å²) in [5.74, 6) is -0.0477. The van der Waals surface area contributed by atoms with Crippen molar-refractivity contribution >= 4 is 34.1 Å². The van der Waals surface area contributed by atoms with E-state index in [1.807, 2.05) is 0 Å². The number of pyridine rings is 1. The fourth-order valence-corrected chi connectivity index (χ4v) is 2.59. The molecule has 0 bridgehead atoms. The van der Waals surface area contributed by atoms with Crippen LogP contribution in [0.1, 0.15) is 5.82 Å². The molecule has 0 radical (unpaired) electrons. The maximum absolute atomic E-state index is 14.2. The molecule has 0 atom stereocenters. The maximum Gasteiger partial charge on any atom is 0.263 e. The summed E-state index contributed by atoms with van der Waals surface area (Å²) in [7, 11) is 1.60. The molecule has 2 aromatic heterocycles. The first-order valence-corrected chi connectivity index (χ1v) is 7.13. The molecule has 2 heterocycles. The van der Waals surface area contributed by atoms with Gasteiger partial charge in [0.1, 0.15) is 16.8 Å². The Morgan fingerprint density at radius 2 is 1.91 bits per heavy atom. The van der Waals surface area contributed by atoms with Crippen molar-refractivity contribution in [1.29, 1.82) is 0 Å². The van der Waals surface area contributed by atoms with Crippen LogP contribution in [-0.2, 0) is 7.05 Å². The van der Waals surface area contributed by atoms with Gasteiger partial charge in [0.2, 0.25) is 0 Å². The number of aryl methyl sites for hydroxylation is 1. The summed E-state index contributed by atoms with van der Waals surface area (Å²) in [5, 5.41) is 0.616. The van der Waals surface area contributed by atoms with E-state index in [0.29, 0.717) is 11.3 Å². The molecule has 0 unspecified atom stereocenters. The Balaban J connectivity index is 2.48. The highest BCUT2D eigenvalue weighted by Gasteiger charge is 2.17. The van der Waals surface area contributed by atoms with Crippen LogP contribution >= 0.6 is 23.2 Å². The number of fused-ring (bicyclic) bond motifs is 1. The molecule has 3 aromatic rings. The first-order chi connectivity index (χ1) is 10.4. The smallest absolute Gasteiger partial charge is 0.263 e. The van der Waals surface area contributed by atoms with Gasteiger partial charge >= 0.3 is 0 Å². The molecule has 0 aliphatic carbocycles. The fourth-order valence-electron chi connectivity index (χ4n) is 2.24. The summed E-state index contributed by atoms with van der Waals surface area (Å²) < 4.78 is 15.6. The Morgan fingerprint density at radius 3 is 2.59 bits per heavy atom. The molecule has 0 aliphatic rings. The van der Waals surface area contributed by atoms with Crippen molar-refractivity contribution in [1.82, 2.24) is 14.5 Å². The van der Waals surface area contributed by atoms with E-state index >= 15 is 0 Å². The average molecular weight is 338 g/mol. The van der Waals surface area contributed by atoms with Crippen LogP contribution in [0.3, 0.4) is 0 Å². The lowest BCUT2D eigenvalue weighted by Crippen LogP contribution is -2.21. The first-order valence-electron chi connectivity index (χ1n) is 6.38. The number of halogens is 3. The van der Waals surface area contributed by atoms with E-state index < -0.39 is 5.82 Å². The largest absolute Gasteiger partial charge is 0.299 e. The normalized spacial score (nSPS) is 11.1. The highest BCUT2D eigenvalue weighted by Crippen LogP contribution is 2.29. The SMILES string of the molecule is Cc1nc2cc(Cl)nc(-c3ccc(Cl)cc3F)c2c(=O)n1C. The Labute approximate surface area is 135 Å². The topological polar surface area (TPSA) is 47.8 Å². The van der Waals surface area contributed by atoms with E-state index in [0.717, 1.165) is 6.07 Å². The molecule has 1 aromatic carbocycles. The zero-order chi connectivity index (χ0) is 16.0. The van der Waals surface area contributed by atoms with E-state index in [9.17, 15) is 9.18 Å². The minimum absolute atomic E-state index is 0.136. The second-order valence-electron chi connectivity index (χ2n) is 4.84. The molecule has 0 amide bonds. The molecule has 22 heavy (non-hydrogen) atoms. The van der Waals surface area contributed by atoms with Crippen LogP contribution in [0.15, 0.2) is 29.1 Å². The number of aromatic nitrogens is 3. The second kappa shape index (κ2) is 5.34. The standard InChI is InChI=1S/C15H10Cl2FN3O/c1-7-19-11-6-12(17)20-14(13(11)15(22)21(7)2)9-4-3-8(16)5-10(9)18/h3-6H,1-2H3. The van der Waals surface area contributed by atoms with E-state index in [2.05, 4.69) is 9.97 Å². The summed E-state index contributed by atoms with van der Waals surface area (Å²) in [6.07, 6.45) is 0. The zero-order valence-corrected chi connectivity index (χ0v) is 13.2. The highest BCUT2D eigenvalue weighted by atomic mass is 35.5. The van der Waals surface area contributed by atoms with E-state index in [1.54, 1.807) is 14.0 Å². The van der Waals surface area contributed by atoms with E-state index in [1.165, 1.54) is 22.8 Å². The van der Waals surface area contributed by atoms with Gasteiger partial charge < -0.3 is 0 Å². The molecule has 0 N–H and O–H groups in total. The fraction of sp³-hybridized carbons (Fsp3) is 0.133. The Hall–Kier alpha value is -1.98. The third kappa shape index (κ3) is 2.36. The quantitative estimate of drug-likeness (QED) is 0.635. The van der Waals surface area contributed by atoms with Gasteiger partial charge in [-0.2, -0.15) is 0 Å². The number of rotatable bonds is 1. The molecular formula is C15H10Cl2FN3O. The van der Waals surface area contributed by atoms with Gasteiger partial charge in [-0.3, -0.25) is 9.36 Å². The Morgan fingerprint density at radius 1 is 1.18 bits per heavy atom. The van der Waals surface area contributed by atoms with E-state index in [-0.39, 0.29) is 32.4 Å². The number of hydrogen-bond acceptors (Lipinski definition) is 3. The van der Waals surface area contributed by atoms with Crippen LogP contribution in [0.5, 0.6) is 0 Å². The predicted molar refractivity (Wildman–Crippen MR) is 84.9 cm³/mol. The zero-order valence-electron chi connectivity index (χ0n) is 11.7. The second-order valence-corrected chi connectivity index (χ2v) is 5.66. The van der Waals surface area contributed by atoms with Crippen molar-refractivity contribution in [2.45, 2.75) is 6.92 Å². The monoisotopic (exact) mass is 337 g/mol. The number of hydrogen-bond donors (Lipinski definition) is 0. The lowest BCUT2D eigenvalue weighted by Gasteiger charge is -2.10. The third-order valence-corrected chi connectivity index (χ3v) is 3.87. The molecule has 7 heteroatoms. The Bertz CT molecular complexity index is 969. The molecule has 0 saturated heterocycles. The van der Waals surface area contributed by atoms with Gasteiger partial charge in [0.05, 0.1) is 16.6 Å². The molecule has 4 nitrogen and oxygen atoms in total. The minimum atomic E-state index is -0.578. The maximum atomic E-state index is 14.2. The first kappa shape index (κ1) is 14.9. The van der Waals surface area contributed by atoms with Gasteiger partial charge in [0, 0.05) is 23.7 Å². The van der Waals surface area contributed by atoms with E-state index in [4.69, 9.17) is 23.2 Å². The molecule has 0 fully saturated rings. The molecule has 0 aliphatic heterocycles. The average Bonchev–Trinajstić information content (AvgIpc) is 2.44. The van der Waals surface area contributed by atoms with Crippen molar-refractivity contribution in [2.24, 2.45) is 7.05 Å². The summed E-state index contributed by atoms with van der Waals surface area (Å²) in [6, 6.07) is 5.65. The summed E-state index contributed by atoms with van der Waals surface area (Å²) >= 11 is 11.8. The van der Waals surface area contributed by atoms with Crippen molar-refractivity contribution in [2.75, 3.05) is 0 Å². The summed E-state index contributed by atoms with van der Waals surface area (Å²) in [6.45, 7) is 1.71. The van der Waals surface area contributed by atoms with Crippen LogP contribution in [0.25, 0.3) is 22.2 Å². The number of nitrogens with zero attached hydrogens (tertiary/aromatic N) is 3. The summed E-state index contributed by atoms with van der Waals surface area (Å²) in [4.78, 5) is 21.0. The molecule has 112 valence electrons. The van der Waals surface area contributed by atoms with Crippen molar-refractivity contribution in [3.8, 4) is 11.3 Å². The summed E-state index contributed by atoms with van der Waals surface area (Å²) in [5.41, 5.74) is 0.380. The highest BCUT2D eigenvalue weighted by molar-refractivity contribution is 6.31. The Kier molecular flexibility index (Phi) is 3.62. The van der Waals surface area contributed by atoms with Crippen LogP contribution in [0.2, 0.25) is 10.2 Å². The van der Waals surface area contributed by atoms with Gasteiger partial charge in [0.25, 0.3) is 5.56 Å². The van der Waals surface area contributed by atoms with Crippen molar-refractivity contribution in [3.05, 3.63) is 56.4 Å². The van der Waals surface area contributed by atoms with Gasteiger partial charge in [-0.05, 0) is 25.1 Å². The van der Waals surface area contributed by atoms with Gasteiger partial charge in [-0.25, -0.2) is 14.4 Å². The molecular weight excluding hydrogens is 328 g/mol. The minimum Gasteiger partial charge on any atom is -0.299 e. The van der Waals surface area contributed by atoms with Crippen molar-refractivity contribution in [3.63, 3.8) is 0 Å². The third-order valence-electron chi connectivity index (χ3n) is 3.44. The molecule has 0 saturated carbocycles. The van der Waals surface area contributed by atoms with Crippen LogP contribution in [0, 0.1) is 12.7 Å². The van der Waals surface area contributed by atoms with Crippen LogP contribution < -0.4 is 5.56 Å². The molecule has 0 spiro atoms. The lowest BCUT2D eigenvalue weighted by molar-refractivity contribution is 0.631. The van der Waals surface area contributed by atoms with Crippen molar-refractivity contribution < 1.29 is 4.39 Å². The molecule has 3 rings (SSSR count). The van der Waals surface area contributed by atoms with Crippen LogP contribution in [-0.4, -0.2) is 14.5 Å². The van der Waals surface area contributed by atoms with Gasteiger partial charge in [-0.1, -0.05) is 23.2 Å². The number of benzene rings is 1. The lowest BCUT2D eigenvalue weighted by atomic mass is 10.1. The van der Waals surface area contributed by atoms with Crippen LogP contribution in [0.4, 0.5) is 4.39 Å².